The molecule has 0 saturated carbocycles. The quantitative estimate of drug-likeness (QED) is 0.461. The average Bonchev–Trinajstić information content (AvgIpc) is 3.10. The summed E-state index contributed by atoms with van der Waals surface area (Å²) in [6.07, 6.45) is 0.722. The molecule has 3 rings (SSSR count). The van der Waals surface area contributed by atoms with Crippen molar-refractivity contribution in [3.05, 3.63) is 77.5 Å². The zero-order chi connectivity index (χ0) is 20.8. The highest BCUT2D eigenvalue weighted by Crippen LogP contribution is 2.26. The van der Waals surface area contributed by atoms with Crippen molar-refractivity contribution in [2.75, 3.05) is 30.9 Å². The number of nitrogens with two attached hydrogens (primary N) is 1. The second-order valence-electron chi connectivity index (χ2n) is 6.54. The van der Waals surface area contributed by atoms with Gasteiger partial charge in [0.05, 0.1) is 16.9 Å². The van der Waals surface area contributed by atoms with Gasteiger partial charge in [0.15, 0.2) is 0 Å². The van der Waals surface area contributed by atoms with Gasteiger partial charge in [-0.3, -0.25) is 14.3 Å². The number of hydrogen-bond acceptors (Lipinski definition) is 6. The molecule has 0 fully saturated rings. The second-order valence-corrected chi connectivity index (χ2v) is 9.09. The Morgan fingerprint density at radius 3 is 2.62 bits per heavy atom. The highest BCUT2D eigenvalue weighted by atomic mass is 79.9. The minimum Gasteiger partial charge on any atom is -0.385 e. The molecule has 2 heterocycles. The number of aromatic nitrogens is 2. The fourth-order valence-corrected chi connectivity index (χ4v) is 4.60. The number of rotatable bonds is 9. The molecule has 0 bridgehead atoms. The van der Waals surface area contributed by atoms with Crippen LogP contribution in [0.3, 0.4) is 0 Å². The molecule has 2 aromatic heterocycles. The lowest BCUT2D eigenvalue weighted by Crippen LogP contribution is -2.39. The van der Waals surface area contributed by atoms with E-state index in [9.17, 15) is 9.59 Å². The van der Waals surface area contributed by atoms with Crippen molar-refractivity contribution in [1.29, 1.82) is 0 Å². The minimum atomic E-state index is -0.518. The molecule has 0 unspecified atom stereocenters. The SMILES string of the molecule is COCCCN(Cc1ccc(Br)s1)c1c(N)n(Cc2ccccc2)c(=O)[nH]c1=O. The van der Waals surface area contributed by atoms with Crippen molar-refractivity contribution >= 4 is 38.8 Å². The van der Waals surface area contributed by atoms with Crippen LogP contribution < -0.4 is 21.9 Å². The molecule has 0 spiro atoms. The Labute approximate surface area is 180 Å². The molecule has 29 heavy (non-hydrogen) atoms. The molecule has 7 nitrogen and oxygen atoms in total. The third-order valence-corrected chi connectivity index (χ3v) is 6.07. The van der Waals surface area contributed by atoms with Crippen LogP contribution in [0.4, 0.5) is 11.5 Å². The molecular weight excluding hydrogens is 456 g/mol. The van der Waals surface area contributed by atoms with Crippen molar-refractivity contribution in [1.82, 2.24) is 9.55 Å². The first-order valence-electron chi connectivity index (χ1n) is 9.14. The van der Waals surface area contributed by atoms with Gasteiger partial charge < -0.3 is 15.4 Å². The summed E-state index contributed by atoms with van der Waals surface area (Å²) in [6.45, 7) is 1.93. The first-order valence-corrected chi connectivity index (χ1v) is 10.7. The van der Waals surface area contributed by atoms with Gasteiger partial charge in [-0.2, -0.15) is 0 Å². The molecule has 0 aliphatic carbocycles. The van der Waals surface area contributed by atoms with Crippen LogP contribution in [0.25, 0.3) is 0 Å². The normalized spacial score (nSPS) is 11.0. The summed E-state index contributed by atoms with van der Waals surface area (Å²) < 4.78 is 7.58. The highest BCUT2D eigenvalue weighted by molar-refractivity contribution is 9.11. The van der Waals surface area contributed by atoms with E-state index in [1.165, 1.54) is 4.57 Å². The maximum absolute atomic E-state index is 12.7. The van der Waals surface area contributed by atoms with Crippen molar-refractivity contribution < 1.29 is 4.74 Å². The summed E-state index contributed by atoms with van der Waals surface area (Å²) >= 11 is 5.07. The summed E-state index contributed by atoms with van der Waals surface area (Å²) in [7, 11) is 1.64. The van der Waals surface area contributed by atoms with Crippen LogP contribution in [0.15, 0.2) is 55.8 Å². The Morgan fingerprint density at radius 1 is 1.21 bits per heavy atom. The first-order chi connectivity index (χ1) is 14.0. The van der Waals surface area contributed by atoms with Crippen LogP contribution in [0.1, 0.15) is 16.9 Å². The molecule has 9 heteroatoms. The lowest BCUT2D eigenvalue weighted by atomic mass is 10.2. The van der Waals surface area contributed by atoms with E-state index in [1.54, 1.807) is 18.4 Å². The van der Waals surface area contributed by atoms with Crippen molar-refractivity contribution in [2.24, 2.45) is 0 Å². The molecule has 0 saturated heterocycles. The van der Waals surface area contributed by atoms with E-state index in [1.807, 2.05) is 47.4 Å². The molecule has 0 radical (unpaired) electrons. The van der Waals surface area contributed by atoms with Crippen LogP contribution in [0, 0.1) is 0 Å². The van der Waals surface area contributed by atoms with E-state index in [0.717, 1.165) is 20.6 Å². The topological polar surface area (TPSA) is 93.3 Å². The molecule has 0 aliphatic rings. The summed E-state index contributed by atoms with van der Waals surface area (Å²) in [4.78, 5) is 30.6. The summed E-state index contributed by atoms with van der Waals surface area (Å²) in [5.74, 6) is 0.163. The van der Waals surface area contributed by atoms with Gasteiger partial charge in [0.2, 0.25) is 0 Å². The van der Waals surface area contributed by atoms with Gasteiger partial charge in [0.25, 0.3) is 5.56 Å². The predicted octanol–water partition coefficient (Wildman–Crippen LogP) is 3.03. The van der Waals surface area contributed by atoms with Gasteiger partial charge in [-0.1, -0.05) is 30.3 Å². The van der Waals surface area contributed by atoms with E-state index in [4.69, 9.17) is 10.5 Å². The molecule has 0 amide bonds. The maximum Gasteiger partial charge on any atom is 0.330 e. The largest absolute Gasteiger partial charge is 0.385 e. The average molecular weight is 479 g/mol. The Morgan fingerprint density at radius 2 is 1.97 bits per heavy atom. The van der Waals surface area contributed by atoms with Crippen LogP contribution in [-0.4, -0.2) is 29.8 Å². The van der Waals surface area contributed by atoms with Gasteiger partial charge in [-0.05, 0) is 40.0 Å². The first kappa shape index (κ1) is 21.4. The number of nitrogens with zero attached hydrogens (tertiary/aromatic N) is 2. The number of halogens is 1. The van der Waals surface area contributed by atoms with Gasteiger partial charge in [0, 0.05) is 25.1 Å². The number of methoxy groups -OCH3 is 1. The summed E-state index contributed by atoms with van der Waals surface area (Å²) in [5.41, 5.74) is 6.59. The lowest BCUT2D eigenvalue weighted by Gasteiger charge is -2.25. The van der Waals surface area contributed by atoms with Gasteiger partial charge in [0.1, 0.15) is 11.5 Å². The van der Waals surface area contributed by atoms with E-state index in [2.05, 4.69) is 20.9 Å². The van der Waals surface area contributed by atoms with Gasteiger partial charge in [-0.15, -0.1) is 11.3 Å². The second kappa shape index (κ2) is 9.91. The van der Waals surface area contributed by atoms with E-state index in [-0.39, 0.29) is 12.4 Å². The number of thiophene rings is 1. The standard InChI is InChI=1S/C20H23BrN4O3S/c1-28-11-5-10-24(13-15-8-9-16(21)29-15)17-18(22)25(20(27)23-19(17)26)12-14-6-3-2-4-7-14/h2-4,6-9H,5,10-13,22H2,1H3,(H,23,26,27). The predicted molar refractivity (Wildman–Crippen MR) is 121 cm³/mol. The number of H-pyrrole nitrogens is 1. The molecular formula is C20H23BrN4O3S. The van der Waals surface area contributed by atoms with Crippen molar-refractivity contribution in [2.45, 2.75) is 19.5 Å². The van der Waals surface area contributed by atoms with Gasteiger partial charge >= 0.3 is 5.69 Å². The summed E-state index contributed by atoms with van der Waals surface area (Å²) in [6, 6.07) is 13.5. The van der Waals surface area contributed by atoms with Crippen LogP contribution >= 0.6 is 27.3 Å². The van der Waals surface area contributed by atoms with Crippen LogP contribution in [0.5, 0.6) is 0 Å². The van der Waals surface area contributed by atoms with E-state index >= 15 is 0 Å². The number of ether oxygens (including phenoxy) is 1. The Hall–Kier alpha value is -2.36. The molecule has 154 valence electrons. The number of anilines is 2. The van der Waals surface area contributed by atoms with Gasteiger partial charge in [-0.25, -0.2) is 4.79 Å². The number of nitrogens with one attached hydrogen (secondary N) is 1. The Balaban J connectivity index is 2.00. The number of aromatic amines is 1. The fraction of sp³-hybridized carbons (Fsp3) is 0.300. The van der Waals surface area contributed by atoms with Crippen molar-refractivity contribution in [3.8, 4) is 0 Å². The molecule has 0 atom stereocenters. The molecule has 1 aromatic carbocycles. The third kappa shape index (κ3) is 5.37. The lowest BCUT2D eigenvalue weighted by molar-refractivity contribution is 0.196. The van der Waals surface area contributed by atoms with Crippen LogP contribution in [0.2, 0.25) is 0 Å². The molecule has 3 N–H and O–H groups in total. The summed E-state index contributed by atoms with van der Waals surface area (Å²) in [5, 5.41) is 0. The molecule has 0 aliphatic heterocycles. The van der Waals surface area contributed by atoms with Crippen molar-refractivity contribution in [3.63, 3.8) is 0 Å². The maximum atomic E-state index is 12.7. The van der Waals surface area contributed by atoms with E-state index < -0.39 is 11.2 Å². The minimum absolute atomic E-state index is 0.163. The highest BCUT2D eigenvalue weighted by Gasteiger charge is 2.20. The number of nitrogen functional groups attached to an aromatic ring is 1. The Bertz CT molecular complexity index is 1060. The van der Waals surface area contributed by atoms with E-state index in [0.29, 0.717) is 25.4 Å². The monoisotopic (exact) mass is 478 g/mol. The smallest absolute Gasteiger partial charge is 0.330 e. The number of benzene rings is 1. The zero-order valence-corrected chi connectivity index (χ0v) is 18.5. The Kier molecular flexibility index (Phi) is 7.29. The number of hydrogen-bond donors (Lipinski definition) is 2. The zero-order valence-electron chi connectivity index (χ0n) is 16.1. The fourth-order valence-electron chi connectivity index (χ4n) is 3.10. The van der Waals surface area contributed by atoms with Crippen LogP contribution in [-0.2, 0) is 17.8 Å². The third-order valence-electron chi connectivity index (χ3n) is 4.47. The molecule has 3 aromatic rings.